The fraction of sp³-hybridized carbons (Fsp3) is 0.692. The van der Waals surface area contributed by atoms with Crippen LogP contribution in [0.5, 0.6) is 0 Å². The van der Waals surface area contributed by atoms with E-state index in [1.165, 1.54) is 12.8 Å². The average Bonchev–Trinajstić information content (AvgIpc) is 3.08. The topological polar surface area (TPSA) is 37.8 Å². The second kappa shape index (κ2) is 5.34. The molecule has 1 aliphatic rings. The van der Waals surface area contributed by atoms with Crippen LogP contribution in [0, 0.1) is 11.8 Å². The van der Waals surface area contributed by atoms with E-state index in [9.17, 15) is 0 Å². The van der Waals surface area contributed by atoms with E-state index in [0.29, 0.717) is 17.8 Å². The Labute approximate surface area is 112 Å². The van der Waals surface area contributed by atoms with Crippen LogP contribution in [0.1, 0.15) is 45.4 Å². The number of aromatic nitrogens is 2. The fourth-order valence-electron chi connectivity index (χ4n) is 1.55. The van der Waals surface area contributed by atoms with Crippen molar-refractivity contribution in [2.45, 2.75) is 39.5 Å². The molecule has 17 heavy (non-hydrogen) atoms. The minimum Gasteiger partial charge on any atom is -0.370 e. The maximum Gasteiger partial charge on any atom is 0.135 e. The number of nitrogens with zero attached hydrogens (tertiary/aromatic N) is 2. The van der Waals surface area contributed by atoms with E-state index >= 15 is 0 Å². The largest absolute Gasteiger partial charge is 0.370 e. The average molecular weight is 298 g/mol. The number of nitrogens with one attached hydrogen (secondary N) is 1. The highest BCUT2D eigenvalue weighted by molar-refractivity contribution is 9.10. The molecule has 0 amide bonds. The Hall–Kier alpha value is -0.640. The summed E-state index contributed by atoms with van der Waals surface area (Å²) in [6.45, 7) is 7.72. The zero-order valence-corrected chi connectivity index (χ0v) is 12.3. The van der Waals surface area contributed by atoms with E-state index in [-0.39, 0.29) is 0 Å². The van der Waals surface area contributed by atoms with Crippen molar-refractivity contribution in [1.29, 1.82) is 0 Å². The zero-order valence-electron chi connectivity index (χ0n) is 10.7. The lowest BCUT2D eigenvalue weighted by Crippen LogP contribution is -2.17. The number of rotatable bonds is 5. The van der Waals surface area contributed by atoms with Crippen molar-refractivity contribution < 1.29 is 0 Å². The van der Waals surface area contributed by atoms with Gasteiger partial charge in [0.25, 0.3) is 0 Å². The first-order valence-electron chi connectivity index (χ1n) is 6.34. The Morgan fingerprint density at radius 3 is 2.65 bits per heavy atom. The van der Waals surface area contributed by atoms with Gasteiger partial charge < -0.3 is 5.32 Å². The number of halogens is 1. The van der Waals surface area contributed by atoms with Crippen LogP contribution in [-0.2, 0) is 0 Å². The molecule has 0 radical (unpaired) electrons. The lowest BCUT2D eigenvalue weighted by molar-refractivity contribution is 0.439. The van der Waals surface area contributed by atoms with Gasteiger partial charge in [-0.2, -0.15) is 0 Å². The minimum atomic E-state index is 0.593. The van der Waals surface area contributed by atoms with Crippen molar-refractivity contribution >= 4 is 21.7 Å². The smallest absolute Gasteiger partial charge is 0.135 e. The molecule has 1 aromatic heterocycles. The van der Waals surface area contributed by atoms with E-state index in [0.717, 1.165) is 22.8 Å². The Bertz CT molecular complexity index is 388. The zero-order chi connectivity index (χ0) is 12.4. The van der Waals surface area contributed by atoms with Crippen molar-refractivity contribution in [2.24, 2.45) is 11.8 Å². The van der Waals surface area contributed by atoms with Crippen molar-refractivity contribution in [2.75, 3.05) is 11.9 Å². The first-order valence-corrected chi connectivity index (χ1v) is 7.14. The molecule has 1 atom stereocenters. The van der Waals surface area contributed by atoms with E-state index in [1.807, 2.05) is 6.07 Å². The Morgan fingerprint density at radius 1 is 1.35 bits per heavy atom. The highest BCUT2D eigenvalue weighted by atomic mass is 79.9. The van der Waals surface area contributed by atoms with Crippen LogP contribution < -0.4 is 5.32 Å². The summed E-state index contributed by atoms with van der Waals surface area (Å²) in [5, 5.41) is 3.41. The van der Waals surface area contributed by atoms with Gasteiger partial charge in [0.1, 0.15) is 16.2 Å². The molecule has 0 bridgehead atoms. The van der Waals surface area contributed by atoms with Crippen molar-refractivity contribution in [3.05, 3.63) is 16.5 Å². The molecule has 1 aliphatic carbocycles. The van der Waals surface area contributed by atoms with Gasteiger partial charge in [-0.05, 0) is 40.6 Å². The van der Waals surface area contributed by atoms with E-state index in [4.69, 9.17) is 0 Å². The van der Waals surface area contributed by atoms with Gasteiger partial charge in [0.15, 0.2) is 0 Å². The molecule has 1 fully saturated rings. The van der Waals surface area contributed by atoms with Gasteiger partial charge in [-0.15, -0.1) is 0 Å². The molecule has 2 rings (SSSR count). The van der Waals surface area contributed by atoms with Crippen LogP contribution in [-0.4, -0.2) is 16.5 Å². The number of hydrogen-bond donors (Lipinski definition) is 1. The van der Waals surface area contributed by atoms with Crippen LogP contribution >= 0.6 is 15.9 Å². The van der Waals surface area contributed by atoms with Gasteiger partial charge in [0.05, 0.1) is 0 Å². The normalized spacial score (nSPS) is 17.2. The predicted molar refractivity (Wildman–Crippen MR) is 74.2 cm³/mol. The van der Waals surface area contributed by atoms with Gasteiger partial charge in [-0.3, -0.25) is 0 Å². The first-order chi connectivity index (χ1) is 8.06. The van der Waals surface area contributed by atoms with Crippen LogP contribution in [0.2, 0.25) is 0 Å². The summed E-state index contributed by atoms with van der Waals surface area (Å²) >= 11 is 3.45. The number of anilines is 1. The second-order valence-electron chi connectivity index (χ2n) is 5.31. The third-order valence-electron chi connectivity index (χ3n) is 3.40. The van der Waals surface area contributed by atoms with Gasteiger partial charge in [-0.25, -0.2) is 9.97 Å². The minimum absolute atomic E-state index is 0.593. The molecule has 4 heteroatoms. The van der Waals surface area contributed by atoms with Gasteiger partial charge in [0.2, 0.25) is 0 Å². The summed E-state index contributed by atoms with van der Waals surface area (Å²) < 4.78 is 0.883. The first kappa shape index (κ1) is 12.8. The second-order valence-corrected chi connectivity index (χ2v) is 6.12. The molecule has 0 aromatic carbocycles. The summed E-state index contributed by atoms with van der Waals surface area (Å²) in [5.41, 5.74) is 0. The molecule has 1 saturated carbocycles. The molecule has 1 N–H and O–H groups in total. The van der Waals surface area contributed by atoms with Crippen molar-refractivity contribution in [3.8, 4) is 0 Å². The van der Waals surface area contributed by atoms with Gasteiger partial charge >= 0.3 is 0 Å². The van der Waals surface area contributed by atoms with Crippen molar-refractivity contribution in [1.82, 2.24) is 9.97 Å². The number of hydrogen-bond acceptors (Lipinski definition) is 3. The van der Waals surface area contributed by atoms with Crippen LogP contribution in [0.15, 0.2) is 10.7 Å². The summed E-state index contributed by atoms with van der Waals surface area (Å²) in [6, 6.07) is 1.96. The molecule has 0 spiro atoms. The van der Waals surface area contributed by atoms with Crippen LogP contribution in [0.25, 0.3) is 0 Å². The summed E-state index contributed by atoms with van der Waals surface area (Å²) in [4.78, 5) is 9.00. The quantitative estimate of drug-likeness (QED) is 0.840. The Balaban J connectivity index is 2.00. The molecule has 1 unspecified atom stereocenters. The fourth-order valence-corrected chi connectivity index (χ4v) is 1.95. The summed E-state index contributed by atoms with van der Waals surface area (Å²) in [7, 11) is 0. The third kappa shape index (κ3) is 3.66. The molecule has 1 heterocycles. The maximum absolute atomic E-state index is 4.57. The van der Waals surface area contributed by atoms with E-state index in [2.05, 4.69) is 52.0 Å². The molecule has 1 aromatic rings. The molecule has 3 nitrogen and oxygen atoms in total. The predicted octanol–water partition coefficient (Wildman–Crippen LogP) is 3.82. The highest BCUT2D eigenvalue weighted by Gasteiger charge is 2.27. The van der Waals surface area contributed by atoms with Crippen molar-refractivity contribution in [3.63, 3.8) is 0 Å². The lowest BCUT2D eigenvalue weighted by atomic mass is 9.98. The molecular weight excluding hydrogens is 278 g/mol. The van der Waals surface area contributed by atoms with Gasteiger partial charge in [0, 0.05) is 18.5 Å². The molecular formula is C13H20BrN3. The maximum atomic E-state index is 4.57. The molecule has 94 valence electrons. The third-order valence-corrected chi connectivity index (χ3v) is 3.80. The monoisotopic (exact) mass is 297 g/mol. The summed E-state index contributed by atoms with van der Waals surface area (Å²) in [5.74, 6) is 3.86. The SMILES string of the molecule is CC(C)C(C)CNc1cc(Br)nc(C2CC2)n1. The van der Waals surface area contributed by atoms with Crippen LogP contribution in [0.4, 0.5) is 5.82 Å². The lowest BCUT2D eigenvalue weighted by Gasteiger charge is -2.16. The Kier molecular flexibility index (Phi) is 4.02. The Morgan fingerprint density at radius 2 is 2.06 bits per heavy atom. The van der Waals surface area contributed by atoms with E-state index in [1.54, 1.807) is 0 Å². The van der Waals surface area contributed by atoms with E-state index < -0.39 is 0 Å². The standard InChI is InChI=1S/C13H20BrN3/c1-8(2)9(3)7-15-12-6-11(14)16-13(17-12)10-4-5-10/h6,8-10H,4-5,7H2,1-3H3,(H,15,16,17). The molecule has 0 saturated heterocycles. The summed E-state index contributed by atoms with van der Waals surface area (Å²) in [6.07, 6.45) is 2.47. The van der Waals surface area contributed by atoms with Gasteiger partial charge in [-0.1, -0.05) is 20.8 Å². The molecule has 0 aliphatic heterocycles. The highest BCUT2D eigenvalue weighted by Crippen LogP contribution is 2.38. The van der Waals surface area contributed by atoms with Crippen LogP contribution in [0.3, 0.4) is 0 Å².